The van der Waals surface area contributed by atoms with Gasteiger partial charge in [-0.3, -0.25) is 0 Å². The van der Waals surface area contributed by atoms with Gasteiger partial charge in [0.05, 0.1) is 13.2 Å². The van der Waals surface area contributed by atoms with E-state index in [1.165, 1.54) is 16.5 Å². The van der Waals surface area contributed by atoms with Crippen molar-refractivity contribution in [3.05, 3.63) is 36.0 Å². The molecule has 0 saturated carbocycles. The molecule has 0 aliphatic carbocycles. The number of aromatic amines is 1. The number of nitrogens with one attached hydrogen (secondary N) is 2. The van der Waals surface area contributed by atoms with Gasteiger partial charge >= 0.3 is 0 Å². The first kappa shape index (κ1) is 13.3. The number of hydrogen-bond donors (Lipinski definition) is 2. The highest BCUT2D eigenvalue weighted by Crippen LogP contribution is 2.40. The Hall–Kier alpha value is -1.36. The summed E-state index contributed by atoms with van der Waals surface area (Å²) in [5.74, 6) is 0.0480. The number of benzene rings is 1. The molecule has 4 heteroatoms. The molecule has 21 heavy (non-hydrogen) atoms. The van der Waals surface area contributed by atoms with Crippen LogP contribution in [-0.4, -0.2) is 30.5 Å². The second-order valence-corrected chi connectivity index (χ2v) is 6.23. The lowest BCUT2D eigenvalue weighted by Crippen LogP contribution is -2.43. The van der Waals surface area contributed by atoms with Crippen molar-refractivity contribution in [3.8, 4) is 0 Å². The number of rotatable bonds is 2. The number of hydrogen-bond acceptors (Lipinski definition) is 3. The van der Waals surface area contributed by atoms with Gasteiger partial charge in [-0.1, -0.05) is 18.2 Å². The first-order valence-electron chi connectivity index (χ1n) is 7.83. The van der Waals surface area contributed by atoms with Crippen LogP contribution >= 0.6 is 0 Å². The Bertz CT molecular complexity index is 631. The largest absolute Gasteiger partial charge is 0.361 e. The predicted molar refractivity (Wildman–Crippen MR) is 82.1 cm³/mol. The van der Waals surface area contributed by atoms with Crippen LogP contribution in [0.1, 0.15) is 31.4 Å². The van der Waals surface area contributed by atoms with Crippen molar-refractivity contribution in [2.45, 2.75) is 31.6 Å². The molecule has 4 nitrogen and oxygen atoms in total. The summed E-state index contributed by atoms with van der Waals surface area (Å²) >= 11 is 0. The predicted octanol–water partition coefficient (Wildman–Crippen LogP) is 2.97. The SMILES string of the molecule is CC1([C@H]2CCN[C@H](c3c[nH]c4ccccc34)C2)OCCO1. The number of ether oxygens (including phenoxy) is 2. The van der Waals surface area contributed by atoms with Gasteiger partial charge in [0.2, 0.25) is 0 Å². The van der Waals surface area contributed by atoms with E-state index in [4.69, 9.17) is 9.47 Å². The average molecular weight is 286 g/mol. The van der Waals surface area contributed by atoms with Crippen molar-refractivity contribution in [1.82, 2.24) is 10.3 Å². The van der Waals surface area contributed by atoms with Crippen LogP contribution < -0.4 is 5.32 Å². The van der Waals surface area contributed by atoms with Gasteiger partial charge in [0.15, 0.2) is 5.79 Å². The highest BCUT2D eigenvalue weighted by Gasteiger charge is 2.42. The summed E-state index contributed by atoms with van der Waals surface area (Å²) in [4.78, 5) is 3.38. The first-order chi connectivity index (χ1) is 10.3. The van der Waals surface area contributed by atoms with Crippen LogP contribution in [0.2, 0.25) is 0 Å². The summed E-state index contributed by atoms with van der Waals surface area (Å²) in [5.41, 5.74) is 2.56. The van der Waals surface area contributed by atoms with Crippen LogP contribution in [-0.2, 0) is 9.47 Å². The highest BCUT2D eigenvalue weighted by molar-refractivity contribution is 5.83. The molecule has 0 unspecified atom stereocenters. The summed E-state index contributed by atoms with van der Waals surface area (Å²) < 4.78 is 11.8. The van der Waals surface area contributed by atoms with Crippen molar-refractivity contribution in [2.24, 2.45) is 5.92 Å². The molecule has 2 fully saturated rings. The molecular weight excluding hydrogens is 264 g/mol. The molecular formula is C17H22N2O2. The zero-order valence-electron chi connectivity index (χ0n) is 12.4. The number of piperidine rings is 1. The fourth-order valence-corrected chi connectivity index (χ4v) is 3.78. The van der Waals surface area contributed by atoms with Gasteiger partial charge in [0, 0.05) is 29.1 Å². The van der Waals surface area contributed by atoms with E-state index in [1.807, 2.05) is 0 Å². The van der Waals surface area contributed by atoms with Crippen LogP contribution in [0.3, 0.4) is 0 Å². The molecule has 3 heterocycles. The van der Waals surface area contributed by atoms with Gasteiger partial charge in [-0.2, -0.15) is 0 Å². The maximum absolute atomic E-state index is 5.88. The molecule has 2 aromatic rings. The fraction of sp³-hybridized carbons (Fsp3) is 0.529. The average Bonchev–Trinajstić information content (AvgIpc) is 3.15. The molecule has 0 amide bonds. The lowest BCUT2D eigenvalue weighted by atomic mass is 9.83. The van der Waals surface area contributed by atoms with E-state index in [2.05, 4.69) is 47.7 Å². The van der Waals surface area contributed by atoms with Crippen molar-refractivity contribution < 1.29 is 9.47 Å². The second-order valence-electron chi connectivity index (χ2n) is 6.23. The molecule has 1 aromatic carbocycles. The summed E-state index contributed by atoms with van der Waals surface area (Å²) in [6, 6.07) is 8.86. The molecule has 0 bridgehead atoms. The molecule has 2 N–H and O–H groups in total. The third kappa shape index (κ3) is 2.27. The second kappa shape index (κ2) is 5.13. The Morgan fingerprint density at radius 3 is 2.86 bits per heavy atom. The minimum absolute atomic E-state index is 0.365. The van der Waals surface area contributed by atoms with E-state index in [0.29, 0.717) is 12.0 Å². The summed E-state index contributed by atoms with van der Waals surface area (Å²) in [7, 11) is 0. The minimum atomic E-state index is -0.396. The first-order valence-corrected chi connectivity index (χ1v) is 7.83. The third-order valence-corrected chi connectivity index (χ3v) is 5.00. The topological polar surface area (TPSA) is 46.3 Å². The lowest BCUT2D eigenvalue weighted by Gasteiger charge is -2.38. The van der Waals surface area contributed by atoms with E-state index >= 15 is 0 Å². The fourth-order valence-electron chi connectivity index (χ4n) is 3.78. The molecule has 2 aliphatic rings. The standard InChI is InChI=1S/C17H22N2O2/c1-17(20-8-9-21-17)12-6-7-18-16(10-12)14-11-19-15-5-3-2-4-13(14)15/h2-5,11-12,16,18-19H,6-10H2,1H3/t12-,16-/m0/s1. The number of para-hydroxylation sites is 1. The summed E-state index contributed by atoms with van der Waals surface area (Å²) in [6.07, 6.45) is 4.30. The van der Waals surface area contributed by atoms with Gasteiger partial charge in [0.1, 0.15) is 0 Å². The Labute approximate surface area is 124 Å². The van der Waals surface area contributed by atoms with Gasteiger partial charge < -0.3 is 19.8 Å². The van der Waals surface area contributed by atoms with E-state index < -0.39 is 5.79 Å². The van der Waals surface area contributed by atoms with Crippen LogP contribution in [0.5, 0.6) is 0 Å². The summed E-state index contributed by atoms with van der Waals surface area (Å²) in [5, 5.41) is 4.97. The van der Waals surface area contributed by atoms with E-state index in [-0.39, 0.29) is 0 Å². The zero-order valence-corrected chi connectivity index (χ0v) is 12.4. The normalized spacial score (nSPS) is 29.0. The quantitative estimate of drug-likeness (QED) is 0.892. The van der Waals surface area contributed by atoms with Gasteiger partial charge in [-0.05, 0) is 37.9 Å². The van der Waals surface area contributed by atoms with Gasteiger partial charge in [0.25, 0.3) is 0 Å². The van der Waals surface area contributed by atoms with Crippen molar-refractivity contribution in [3.63, 3.8) is 0 Å². The molecule has 2 aliphatic heterocycles. The molecule has 112 valence electrons. The minimum Gasteiger partial charge on any atom is -0.361 e. The molecule has 0 radical (unpaired) electrons. The lowest BCUT2D eigenvalue weighted by molar-refractivity contribution is -0.189. The van der Waals surface area contributed by atoms with Crippen LogP contribution in [0.4, 0.5) is 0 Å². The Balaban J connectivity index is 1.60. The monoisotopic (exact) mass is 286 g/mol. The number of fused-ring (bicyclic) bond motifs is 1. The third-order valence-electron chi connectivity index (χ3n) is 5.00. The van der Waals surface area contributed by atoms with E-state index in [9.17, 15) is 0 Å². The maximum Gasteiger partial charge on any atom is 0.168 e. The van der Waals surface area contributed by atoms with Crippen LogP contribution in [0, 0.1) is 5.92 Å². The molecule has 4 rings (SSSR count). The zero-order chi connectivity index (χ0) is 14.3. The smallest absolute Gasteiger partial charge is 0.168 e. The highest BCUT2D eigenvalue weighted by atomic mass is 16.7. The van der Waals surface area contributed by atoms with Crippen LogP contribution in [0.25, 0.3) is 10.9 Å². The van der Waals surface area contributed by atoms with Crippen molar-refractivity contribution in [2.75, 3.05) is 19.8 Å². The summed E-state index contributed by atoms with van der Waals surface area (Å²) in [6.45, 7) is 4.55. The Kier molecular flexibility index (Phi) is 3.25. The molecule has 2 atom stereocenters. The van der Waals surface area contributed by atoms with Crippen molar-refractivity contribution in [1.29, 1.82) is 0 Å². The Morgan fingerprint density at radius 2 is 2.00 bits per heavy atom. The van der Waals surface area contributed by atoms with Gasteiger partial charge in [-0.25, -0.2) is 0 Å². The number of aromatic nitrogens is 1. The van der Waals surface area contributed by atoms with E-state index in [1.54, 1.807) is 0 Å². The maximum atomic E-state index is 5.88. The van der Waals surface area contributed by atoms with E-state index in [0.717, 1.165) is 32.6 Å². The van der Waals surface area contributed by atoms with Crippen LogP contribution in [0.15, 0.2) is 30.5 Å². The molecule has 2 saturated heterocycles. The number of H-pyrrole nitrogens is 1. The van der Waals surface area contributed by atoms with Crippen molar-refractivity contribution >= 4 is 10.9 Å². The van der Waals surface area contributed by atoms with Gasteiger partial charge in [-0.15, -0.1) is 0 Å². The molecule has 0 spiro atoms. The molecule has 1 aromatic heterocycles. The Morgan fingerprint density at radius 1 is 1.19 bits per heavy atom.